The summed E-state index contributed by atoms with van der Waals surface area (Å²) in [5.74, 6) is -1.73. The van der Waals surface area contributed by atoms with Crippen LogP contribution in [0.3, 0.4) is 0 Å². The summed E-state index contributed by atoms with van der Waals surface area (Å²) in [7, 11) is 0. The van der Waals surface area contributed by atoms with Gasteiger partial charge in [0.05, 0.1) is 23.9 Å². The molecule has 4 rings (SSSR count). The number of phenolic OH excluding ortho intramolecular Hbond substituents is 1. The van der Waals surface area contributed by atoms with Crippen LogP contribution in [-0.2, 0) is 16.1 Å². The first-order valence-electron chi connectivity index (χ1n) is 9.09. The van der Waals surface area contributed by atoms with E-state index >= 15 is 0 Å². The van der Waals surface area contributed by atoms with Crippen molar-refractivity contribution in [2.24, 2.45) is 0 Å². The number of carbonyl (C=O) groups excluding carboxylic acids is 2. The summed E-state index contributed by atoms with van der Waals surface area (Å²) in [6, 6.07) is 19.4. The van der Waals surface area contributed by atoms with Crippen LogP contribution in [0.25, 0.3) is 5.76 Å². The number of aliphatic hydroxyl groups excluding tert-OH is 1. The van der Waals surface area contributed by atoms with Gasteiger partial charge < -0.3 is 15.1 Å². The number of benzene rings is 2. The van der Waals surface area contributed by atoms with Gasteiger partial charge in [0.15, 0.2) is 0 Å². The van der Waals surface area contributed by atoms with Crippen molar-refractivity contribution in [3.63, 3.8) is 0 Å². The van der Waals surface area contributed by atoms with E-state index in [4.69, 9.17) is 0 Å². The number of phenols is 1. The number of nitrogens with zero attached hydrogens (tertiary/aromatic N) is 2. The lowest BCUT2D eigenvalue weighted by molar-refractivity contribution is -0.140. The number of Topliss-reactive ketones (excluding diaryl/α,β-unsaturated/α-hetero) is 1. The minimum absolute atomic E-state index is 0.00522. The van der Waals surface area contributed by atoms with Crippen molar-refractivity contribution >= 4 is 17.4 Å². The van der Waals surface area contributed by atoms with E-state index in [-0.39, 0.29) is 23.6 Å². The first kappa shape index (κ1) is 18.4. The molecule has 2 N–H and O–H groups in total. The van der Waals surface area contributed by atoms with Gasteiger partial charge >= 0.3 is 0 Å². The molecule has 1 aromatic heterocycles. The number of aromatic hydroxyl groups is 1. The molecule has 1 aliphatic heterocycles. The van der Waals surface area contributed by atoms with E-state index in [1.807, 2.05) is 0 Å². The van der Waals surface area contributed by atoms with Crippen molar-refractivity contribution in [2.75, 3.05) is 0 Å². The van der Waals surface area contributed by atoms with E-state index in [1.165, 1.54) is 17.0 Å². The molecule has 1 amide bonds. The molecule has 144 valence electrons. The van der Waals surface area contributed by atoms with Crippen LogP contribution in [0.4, 0.5) is 0 Å². The van der Waals surface area contributed by atoms with Gasteiger partial charge in [0, 0.05) is 11.8 Å². The zero-order valence-electron chi connectivity index (χ0n) is 15.4. The van der Waals surface area contributed by atoms with Gasteiger partial charge in [0.1, 0.15) is 11.5 Å². The van der Waals surface area contributed by atoms with Gasteiger partial charge in [0.25, 0.3) is 11.7 Å². The predicted molar refractivity (Wildman–Crippen MR) is 107 cm³/mol. The maximum atomic E-state index is 12.9. The van der Waals surface area contributed by atoms with Crippen LogP contribution in [0.1, 0.15) is 22.9 Å². The molecule has 29 heavy (non-hydrogen) atoms. The zero-order valence-corrected chi connectivity index (χ0v) is 15.4. The van der Waals surface area contributed by atoms with Crippen LogP contribution < -0.4 is 0 Å². The molecule has 1 saturated heterocycles. The summed E-state index contributed by atoms with van der Waals surface area (Å²) >= 11 is 0. The van der Waals surface area contributed by atoms with Crippen molar-refractivity contribution < 1.29 is 19.8 Å². The quantitative estimate of drug-likeness (QED) is 0.407. The topological polar surface area (TPSA) is 90.7 Å². The zero-order chi connectivity index (χ0) is 20.4. The number of rotatable bonds is 4. The minimum Gasteiger partial charge on any atom is -0.508 e. The highest BCUT2D eigenvalue weighted by Gasteiger charge is 2.46. The molecule has 3 aromatic rings. The van der Waals surface area contributed by atoms with Gasteiger partial charge in [-0.1, -0.05) is 48.5 Å². The fraction of sp³-hybridized carbons (Fsp3) is 0.0870. The fourth-order valence-electron chi connectivity index (χ4n) is 3.50. The monoisotopic (exact) mass is 386 g/mol. The van der Waals surface area contributed by atoms with Crippen molar-refractivity contribution in [2.45, 2.75) is 12.6 Å². The van der Waals surface area contributed by atoms with Crippen LogP contribution in [0.15, 0.2) is 84.6 Å². The van der Waals surface area contributed by atoms with E-state index in [1.54, 1.807) is 66.9 Å². The van der Waals surface area contributed by atoms with E-state index in [0.717, 1.165) is 0 Å². The summed E-state index contributed by atoms with van der Waals surface area (Å²) in [4.78, 5) is 31.4. The average molecular weight is 386 g/mol. The molecule has 0 aliphatic carbocycles. The molecule has 0 spiro atoms. The Morgan fingerprint density at radius 1 is 0.966 bits per heavy atom. The molecular formula is C23H18N2O4. The smallest absolute Gasteiger partial charge is 0.296 e. The Labute approximate surface area is 167 Å². The van der Waals surface area contributed by atoms with Crippen molar-refractivity contribution in [3.05, 3.63) is 101 Å². The molecule has 6 heteroatoms. The van der Waals surface area contributed by atoms with Gasteiger partial charge in [-0.2, -0.15) is 0 Å². The van der Waals surface area contributed by atoms with Gasteiger partial charge in [-0.3, -0.25) is 14.6 Å². The maximum absolute atomic E-state index is 12.9. The molecule has 1 aliphatic rings. The summed E-state index contributed by atoms with van der Waals surface area (Å²) in [5.41, 5.74) is 1.56. The number of hydrogen-bond acceptors (Lipinski definition) is 5. The molecule has 2 heterocycles. The van der Waals surface area contributed by atoms with E-state index in [2.05, 4.69) is 4.98 Å². The van der Waals surface area contributed by atoms with Crippen molar-refractivity contribution in [1.29, 1.82) is 0 Å². The van der Waals surface area contributed by atoms with E-state index < -0.39 is 17.7 Å². The average Bonchev–Trinajstić information content (AvgIpc) is 2.99. The Morgan fingerprint density at radius 3 is 2.41 bits per heavy atom. The lowest BCUT2D eigenvalue weighted by atomic mass is 9.95. The van der Waals surface area contributed by atoms with Gasteiger partial charge in [-0.25, -0.2) is 0 Å². The molecule has 0 radical (unpaired) electrons. The number of ketones is 1. The second-order valence-electron chi connectivity index (χ2n) is 6.71. The van der Waals surface area contributed by atoms with Crippen molar-refractivity contribution in [1.82, 2.24) is 9.88 Å². The Kier molecular flexibility index (Phi) is 4.83. The van der Waals surface area contributed by atoms with Gasteiger partial charge in [-0.15, -0.1) is 0 Å². The van der Waals surface area contributed by atoms with Crippen LogP contribution >= 0.6 is 0 Å². The van der Waals surface area contributed by atoms with Crippen molar-refractivity contribution in [3.8, 4) is 5.75 Å². The highest BCUT2D eigenvalue weighted by molar-refractivity contribution is 6.46. The first-order chi connectivity index (χ1) is 14.1. The molecule has 6 nitrogen and oxygen atoms in total. The number of likely N-dealkylation sites (tertiary alicyclic amines) is 1. The normalized spacial score (nSPS) is 18.2. The summed E-state index contributed by atoms with van der Waals surface area (Å²) in [6.45, 7) is 0.0945. The minimum atomic E-state index is -0.843. The predicted octanol–water partition coefficient (Wildman–Crippen LogP) is 3.41. The largest absolute Gasteiger partial charge is 0.508 e. The fourth-order valence-corrected chi connectivity index (χ4v) is 3.50. The number of aliphatic hydroxyl groups is 1. The standard InChI is InChI=1S/C23H18N2O4/c26-18-11-6-9-16(13-18)20-19(21(27)15-7-2-1-3-8-15)22(28)23(29)25(20)14-17-10-4-5-12-24-17/h1-13,20,26-27H,14H2/b21-19-. The van der Waals surface area contributed by atoms with Gasteiger partial charge in [0.2, 0.25) is 0 Å². The number of carbonyl (C=O) groups is 2. The molecule has 1 atom stereocenters. The summed E-state index contributed by atoms with van der Waals surface area (Å²) in [6.07, 6.45) is 1.61. The number of hydrogen-bond donors (Lipinski definition) is 2. The van der Waals surface area contributed by atoms with Crippen LogP contribution in [0, 0.1) is 0 Å². The number of amides is 1. The van der Waals surface area contributed by atoms with Gasteiger partial charge in [-0.05, 0) is 29.8 Å². The third-order valence-electron chi connectivity index (χ3n) is 4.83. The van der Waals surface area contributed by atoms with Crippen LogP contribution in [0.2, 0.25) is 0 Å². The Hall–Kier alpha value is -3.93. The summed E-state index contributed by atoms with van der Waals surface area (Å²) < 4.78 is 0. The Morgan fingerprint density at radius 2 is 1.72 bits per heavy atom. The number of pyridine rings is 1. The molecular weight excluding hydrogens is 368 g/mol. The third kappa shape index (κ3) is 3.48. The third-order valence-corrected chi connectivity index (χ3v) is 4.83. The Balaban J connectivity index is 1.87. The highest BCUT2D eigenvalue weighted by atomic mass is 16.3. The molecule has 2 aromatic carbocycles. The van der Waals surface area contributed by atoms with E-state index in [9.17, 15) is 19.8 Å². The summed E-state index contributed by atoms with van der Waals surface area (Å²) in [5, 5.41) is 20.8. The SMILES string of the molecule is O=C1C(=O)N(Cc2ccccn2)C(c2cccc(O)c2)/C1=C(/O)c1ccccc1. The Bertz CT molecular complexity index is 1090. The molecule has 0 bridgehead atoms. The van der Waals surface area contributed by atoms with Crippen LogP contribution in [-0.4, -0.2) is 31.8 Å². The second kappa shape index (κ2) is 7.59. The lowest BCUT2D eigenvalue weighted by Crippen LogP contribution is -2.29. The molecule has 0 saturated carbocycles. The second-order valence-corrected chi connectivity index (χ2v) is 6.71. The lowest BCUT2D eigenvalue weighted by Gasteiger charge is -2.25. The highest BCUT2D eigenvalue weighted by Crippen LogP contribution is 2.40. The number of aromatic nitrogens is 1. The molecule has 1 unspecified atom stereocenters. The maximum Gasteiger partial charge on any atom is 0.296 e. The van der Waals surface area contributed by atoms with E-state index in [0.29, 0.717) is 16.8 Å². The first-order valence-corrected chi connectivity index (χ1v) is 9.09. The van der Waals surface area contributed by atoms with Crippen LogP contribution in [0.5, 0.6) is 5.75 Å². The molecule has 1 fully saturated rings.